The third-order valence-corrected chi connectivity index (χ3v) is 3.55. The van der Waals surface area contributed by atoms with Crippen LogP contribution in [0, 0.1) is 0 Å². The fraction of sp³-hybridized carbons (Fsp3) is 0.0476. The molecular formula is C21H18O6. The molecule has 3 aromatic rings. The van der Waals surface area contributed by atoms with Gasteiger partial charge in [-0.15, -0.1) is 0 Å². The highest BCUT2D eigenvalue weighted by atomic mass is 16.5. The molecule has 3 aromatic carbocycles. The van der Waals surface area contributed by atoms with Crippen LogP contribution in [-0.2, 0) is 6.61 Å². The molecule has 0 fully saturated rings. The second-order valence-electron chi connectivity index (χ2n) is 5.42. The molecule has 0 aliphatic carbocycles. The largest absolute Gasteiger partial charge is 0.504 e. The summed E-state index contributed by atoms with van der Waals surface area (Å²) in [5.74, 6) is -0.431. The number of rotatable bonds is 5. The van der Waals surface area contributed by atoms with Crippen molar-refractivity contribution in [3.8, 4) is 23.0 Å². The van der Waals surface area contributed by atoms with Crippen molar-refractivity contribution in [1.82, 2.24) is 0 Å². The van der Waals surface area contributed by atoms with E-state index in [9.17, 15) is 14.7 Å². The summed E-state index contributed by atoms with van der Waals surface area (Å²) in [6.07, 6.45) is 1.15. The first-order valence-corrected chi connectivity index (χ1v) is 7.96. The van der Waals surface area contributed by atoms with Crippen molar-refractivity contribution in [2.24, 2.45) is 0 Å². The standard InChI is InChI=1S/C14H12O3.C7H6O3/c15-9-12-7-4-8-13(16)14(12)17-10-11-5-2-1-3-6-11;8-4-5-2-1-3-6(9)7(5)10/h1-9,16H,10H2;1-4,9-10H. The van der Waals surface area contributed by atoms with Crippen LogP contribution in [0.2, 0.25) is 0 Å². The Labute approximate surface area is 155 Å². The first-order chi connectivity index (χ1) is 13.1. The van der Waals surface area contributed by atoms with Crippen LogP contribution >= 0.6 is 0 Å². The van der Waals surface area contributed by atoms with Crippen LogP contribution in [0.3, 0.4) is 0 Å². The number of para-hydroxylation sites is 2. The van der Waals surface area contributed by atoms with Crippen LogP contribution in [0.25, 0.3) is 0 Å². The van der Waals surface area contributed by atoms with Gasteiger partial charge in [0.15, 0.2) is 35.6 Å². The molecule has 0 aliphatic rings. The number of benzene rings is 3. The highest BCUT2D eigenvalue weighted by Gasteiger charge is 2.08. The number of ether oxygens (including phenoxy) is 1. The van der Waals surface area contributed by atoms with E-state index in [0.29, 0.717) is 24.7 Å². The van der Waals surface area contributed by atoms with Crippen LogP contribution in [0.4, 0.5) is 0 Å². The van der Waals surface area contributed by atoms with Crippen LogP contribution in [0.5, 0.6) is 23.0 Å². The zero-order valence-electron chi connectivity index (χ0n) is 14.3. The average Bonchev–Trinajstić information content (AvgIpc) is 2.70. The predicted molar refractivity (Wildman–Crippen MR) is 99.4 cm³/mol. The number of carbonyl (C=O) groups excluding carboxylic acids is 2. The molecule has 138 valence electrons. The molecule has 0 saturated carbocycles. The molecule has 6 nitrogen and oxygen atoms in total. The summed E-state index contributed by atoms with van der Waals surface area (Å²) in [4.78, 5) is 20.9. The Kier molecular flexibility index (Phi) is 6.96. The zero-order chi connectivity index (χ0) is 19.6. The summed E-state index contributed by atoms with van der Waals surface area (Å²) in [5, 5.41) is 27.4. The predicted octanol–water partition coefficient (Wildman–Crippen LogP) is 3.69. The van der Waals surface area contributed by atoms with E-state index in [4.69, 9.17) is 14.9 Å². The fourth-order valence-corrected chi connectivity index (χ4v) is 2.17. The number of aldehydes is 2. The Balaban J connectivity index is 0.000000223. The van der Waals surface area contributed by atoms with Crippen molar-refractivity contribution in [2.75, 3.05) is 0 Å². The summed E-state index contributed by atoms with van der Waals surface area (Å²) in [6.45, 7) is 0.319. The highest BCUT2D eigenvalue weighted by molar-refractivity contribution is 5.81. The molecule has 0 radical (unpaired) electrons. The van der Waals surface area contributed by atoms with Gasteiger partial charge < -0.3 is 20.1 Å². The Bertz CT molecular complexity index is 906. The van der Waals surface area contributed by atoms with Gasteiger partial charge in [0.05, 0.1) is 11.1 Å². The van der Waals surface area contributed by atoms with Crippen LogP contribution < -0.4 is 4.74 Å². The second kappa shape index (κ2) is 9.62. The molecule has 0 saturated heterocycles. The molecule has 0 unspecified atom stereocenters. The van der Waals surface area contributed by atoms with E-state index in [0.717, 1.165) is 5.56 Å². The molecule has 3 rings (SSSR count). The molecule has 3 N–H and O–H groups in total. The van der Waals surface area contributed by atoms with Gasteiger partial charge in [-0.25, -0.2) is 0 Å². The quantitative estimate of drug-likeness (QED) is 0.470. The lowest BCUT2D eigenvalue weighted by Crippen LogP contribution is -1.98. The molecule has 0 atom stereocenters. The number of aromatic hydroxyl groups is 3. The molecule has 0 spiro atoms. The second-order valence-corrected chi connectivity index (χ2v) is 5.42. The Hall–Kier alpha value is -3.80. The minimum absolute atomic E-state index is 0.0227. The van der Waals surface area contributed by atoms with Crippen molar-refractivity contribution in [2.45, 2.75) is 6.61 Å². The van der Waals surface area contributed by atoms with Crippen molar-refractivity contribution in [3.05, 3.63) is 83.4 Å². The maximum Gasteiger partial charge on any atom is 0.171 e. The summed E-state index contributed by atoms with van der Waals surface area (Å²) < 4.78 is 5.46. The molecule has 0 aliphatic heterocycles. The molecule has 0 aromatic heterocycles. The van der Waals surface area contributed by atoms with E-state index in [1.54, 1.807) is 12.1 Å². The lowest BCUT2D eigenvalue weighted by molar-refractivity contribution is 0.111. The van der Waals surface area contributed by atoms with Gasteiger partial charge in [-0.2, -0.15) is 0 Å². The van der Waals surface area contributed by atoms with Gasteiger partial charge >= 0.3 is 0 Å². The first-order valence-electron chi connectivity index (χ1n) is 7.96. The van der Waals surface area contributed by atoms with E-state index in [2.05, 4.69) is 0 Å². The molecular weight excluding hydrogens is 348 g/mol. The average molecular weight is 366 g/mol. The van der Waals surface area contributed by atoms with Crippen molar-refractivity contribution < 1.29 is 29.6 Å². The number of carbonyl (C=O) groups is 2. The summed E-state index contributed by atoms with van der Waals surface area (Å²) in [5.41, 5.74) is 1.42. The SMILES string of the molecule is O=Cc1cccc(O)c1O.O=Cc1cccc(O)c1OCc1ccccc1. The van der Waals surface area contributed by atoms with Crippen molar-refractivity contribution in [1.29, 1.82) is 0 Å². The van der Waals surface area contributed by atoms with Gasteiger partial charge in [-0.3, -0.25) is 9.59 Å². The van der Waals surface area contributed by atoms with Gasteiger partial charge in [0, 0.05) is 0 Å². The number of hydrogen-bond donors (Lipinski definition) is 3. The molecule has 0 amide bonds. The minimum Gasteiger partial charge on any atom is -0.504 e. The topological polar surface area (TPSA) is 104 Å². The fourth-order valence-electron chi connectivity index (χ4n) is 2.17. The minimum atomic E-state index is -0.363. The number of hydrogen-bond acceptors (Lipinski definition) is 6. The normalized spacial score (nSPS) is 9.63. The number of phenolic OH excluding ortho intramolecular Hbond substituents is 3. The molecule has 0 heterocycles. The smallest absolute Gasteiger partial charge is 0.171 e. The Morgan fingerprint density at radius 1 is 0.704 bits per heavy atom. The van der Waals surface area contributed by atoms with Crippen LogP contribution in [0.15, 0.2) is 66.7 Å². The highest BCUT2D eigenvalue weighted by Crippen LogP contribution is 2.29. The maximum atomic E-state index is 10.8. The Morgan fingerprint density at radius 2 is 1.30 bits per heavy atom. The van der Waals surface area contributed by atoms with Crippen LogP contribution in [-0.4, -0.2) is 27.9 Å². The van der Waals surface area contributed by atoms with E-state index in [-0.39, 0.29) is 28.6 Å². The molecule has 6 heteroatoms. The summed E-state index contributed by atoms with van der Waals surface area (Å²) in [6, 6.07) is 18.5. The van der Waals surface area contributed by atoms with E-state index in [1.807, 2.05) is 30.3 Å². The van der Waals surface area contributed by atoms with Gasteiger partial charge in [0.2, 0.25) is 0 Å². The number of phenols is 3. The molecule has 0 bridgehead atoms. The summed E-state index contributed by atoms with van der Waals surface area (Å²) >= 11 is 0. The van der Waals surface area contributed by atoms with Crippen molar-refractivity contribution >= 4 is 12.6 Å². The monoisotopic (exact) mass is 366 g/mol. The van der Waals surface area contributed by atoms with Crippen molar-refractivity contribution in [3.63, 3.8) is 0 Å². The van der Waals surface area contributed by atoms with Crippen LogP contribution in [0.1, 0.15) is 26.3 Å². The lowest BCUT2D eigenvalue weighted by Gasteiger charge is -2.09. The van der Waals surface area contributed by atoms with E-state index < -0.39 is 0 Å². The zero-order valence-corrected chi connectivity index (χ0v) is 14.3. The van der Waals surface area contributed by atoms with Gasteiger partial charge in [-0.1, -0.05) is 42.5 Å². The van der Waals surface area contributed by atoms with Gasteiger partial charge in [0.1, 0.15) is 6.61 Å². The Morgan fingerprint density at radius 3 is 1.89 bits per heavy atom. The summed E-state index contributed by atoms with van der Waals surface area (Å²) in [7, 11) is 0. The van der Waals surface area contributed by atoms with Gasteiger partial charge in [0.25, 0.3) is 0 Å². The molecule has 27 heavy (non-hydrogen) atoms. The van der Waals surface area contributed by atoms with E-state index >= 15 is 0 Å². The third-order valence-electron chi connectivity index (χ3n) is 3.55. The lowest BCUT2D eigenvalue weighted by atomic mass is 10.2. The third kappa shape index (κ3) is 5.34. The van der Waals surface area contributed by atoms with E-state index in [1.165, 1.54) is 24.3 Å². The van der Waals surface area contributed by atoms with Gasteiger partial charge in [-0.05, 0) is 29.8 Å². The maximum absolute atomic E-state index is 10.8. The first kappa shape index (κ1) is 19.5.